The number of rotatable bonds is 5. The second-order valence-corrected chi connectivity index (χ2v) is 6.84. The average molecular weight is 427 g/mol. The van der Waals surface area contributed by atoms with E-state index in [0.29, 0.717) is 32.8 Å². The lowest BCUT2D eigenvalue weighted by atomic mass is 10.0. The predicted octanol–water partition coefficient (Wildman–Crippen LogP) is 5.71. The normalized spacial score (nSPS) is 11.1. The van der Waals surface area contributed by atoms with E-state index in [1.807, 2.05) is 30.3 Å². The molecule has 7 heteroatoms. The minimum atomic E-state index is -0.576. The number of hydrogen-bond acceptors (Lipinski definition) is 4. The first-order valence-electron chi connectivity index (χ1n) is 8.49. The number of carbonyl (C=O) groups excluding carboxylic acids is 1. The van der Waals surface area contributed by atoms with E-state index >= 15 is 0 Å². The number of nitrogens with one attached hydrogen (secondary N) is 1. The standard InChI is InChI=1S/C22H16Cl2N2O3/c1-28-16-6-3-13-4-8-21(29-2)18(17(13)11-16)9-14(12-25)22(27)26-15-5-7-19(23)20(24)10-15/h3-11H,1-2H3,(H,26,27)/b14-9+. The van der Waals surface area contributed by atoms with Gasteiger partial charge in [-0.15, -0.1) is 0 Å². The fourth-order valence-electron chi connectivity index (χ4n) is 2.82. The van der Waals surface area contributed by atoms with Gasteiger partial charge in [0.1, 0.15) is 23.1 Å². The maximum absolute atomic E-state index is 12.7. The van der Waals surface area contributed by atoms with Crippen molar-refractivity contribution < 1.29 is 14.3 Å². The molecule has 3 aromatic rings. The first-order chi connectivity index (χ1) is 14.0. The summed E-state index contributed by atoms with van der Waals surface area (Å²) in [6, 6.07) is 15.9. The molecule has 0 aliphatic carbocycles. The summed E-state index contributed by atoms with van der Waals surface area (Å²) in [5.41, 5.74) is 0.937. The molecular weight excluding hydrogens is 411 g/mol. The van der Waals surface area contributed by atoms with Crippen molar-refractivity contribution in [1.29, 1.82) is 5.26 Å². The summed E-state index contributed by atoms with van der Waals surface area (Å²) in [7, 11) is 3.10. The molecule has 0 aliphatic heterocycles. The molecule has 0 fully saturated rings. The molecule has 3 rings (SSSR count). The van der Waals surface area contributed by atoms with E-state index in [1.165, 1.54) is 19.3 Å². The van der Waals surface area contributed by atoms with Crippen LogP contribution in [0, 0.1) is 11.3 Å². The molecule has 0 aliphatic rings. The molecule has 0 spiro atoms. The van der Waals surface area contributed by atoms with Gasteiger partial charge in [-0.3, -0.25) is 4.79 Å². The third-order valence-electron chi connectivity index (χ3n) is 4.28. The molecule has 0 unspecified atom stereocenters. The second-order valence-electron chi connectivity index (χ2n) is 6.02. The van der Waals surface area contributed by atoms with Gasteiger partial charge in [0.2, 0.25) is 0 Å². The lowest BCUT2D eigenvalue weighted by Crippen LogP contribution is -2.13. The van der Waals surface area contributed by atoms with Crippen LogP contribution in [0.3, 0.4) is 0 Å². The van der Waals surface area contributed by atoms with Crippen LogP contribution in [0.25, 0.3) is 16.8 Å². The Morgan fingerprint density at radius 1 is 1.03 bits per heavy atom. The molecule has 0 bridgehead atoms. The van der Waals surface area contributed by atoms with Crippen LogP contribution in [0.5, 0.6) is 11.5 Å². The molecule has 0 radical (unpaired) electrons. The number of anilines is 1. The highest BCUT2D eigenvalue weighted by molar-refractivity contribution is 6.42. The van der Waals surface area contributed by atoms with Crippen molar-refractivity contribution in [2.24, 2.45) is 0 Å². The number of nitriles is 1. The zero-order valence-electron chi connectivity index (χ0n) is 15.6. The summed E-state index contributed by atoms with van der Waals surface area (Å²) in [5, 5.41) is 14.6. The van der Waals surface area contributed by atoms with E-state index in [-0.39, 0.29) is 5.57 Å². The highest BCUT2D eigenvalue weighted by Gasteiger charge is 2.14. The number of methoxy groups -OCH3 is 2. The van der Waals surface area contributed by atoms with Crippen molar-refractivity contribution in [3.05, 3.63) is 69.7 Å². The van der Waals surface area contributed by atoms with Crippen molar-refractivity contribution in [2.45, 2.75) is 0 Å². The van der Waals surface area contributed by atoms with E-state index in [0.717, 1.165) is 10.8 Å². The number of halogens is 2. The van der Waals surface area contributed by atoms with Crippen molar-refractivity contribution in [3.63, 3.8) is 0 Å². The van der Waals surface area contributed by atoms with Gasteiger partial charge >= 0.3 is 0 Å². The lowest BCUT2D eigenvalue weighted by molar-refractivity contribution is -0.112. The lowest BCUT2D eigenvalue weighted by Gasteiger charge is -2.11. The summed E-state index contributed by atoms with van der Waals surface area (Å²) in [4.78, 5) is 12.7. The number of carbonyl (C=O) groups is 1. The highest BCUT2D eigenvalue weighted by Crippen LogP contribution is 2.33. The van der Waals surface area contributed by atoms with Gasteiger partial charge in [0.15, 0.2) is 0 Å². The largest absolute Gasteiger partial charge is 0.497 e. The SMILES string of the molecule is COc1ccc2ccc(OC)c(/C=C(\C#N)C(=O)Nc3ccc(Cl)c(Cl)c3)c2c1. The molecule has 0 atom stereocenters. The average Bonchev–Trinajstić information content (AvgIpc) is 2.73. The van der Waals surface area contributed by atoms with Crippen LogP contribution >= 0.6 is 23.2 Å². The molecule has 0 saturated carbocycles. The van der Waals surface area contributed by atoms with Gasteiger partial charge < -0.3 is 14.8 Å². The van der Waals surface area contributed by atoms with Crippen molar-refractivity contribution >= 4 is 51.6 Å². The van der Waals surface area contributed by atoms with Crippen molar-refractivity contribution in [1.82, 2.24) is 0 Å². The van der Waals surface area contributed by atoms with E-state index < -0.39 is 5.91 Å². The third kappa shape index (κ3) is 4.45. The molecule has 3 aromatic carbocycles. The molecule has 0 saturated heterocycles. The van der Waals surface area contributed by atoms with Crippen LogP contribution in [0.15, 0.2) is 54.1 Å². The van der Waals surface area contributed by atoms with Gasteiger partial charge in [-0.05, 0) is 53.2 Å². The Morgan fingerprint density at radius 3 is 2.45 bits per heavy atom. The van der Waals surface area contributed by atoms with E-state index in [4.69, 9.17) is 32.7 Å². The minimum absolute atomic E-state index is 0.0929. The number of amides is 1. The van der Waals surface area contributed by atoms with E-state index in [1.54, 1.807) is 25.3 Å². The smallest absolute Gasteiger partial charge is 0.266 e. The van der Waals surface area contributed by atoms with Crippen LogP contribution in [-0.2, 0) is 4.79 Å². The van der Waals surface area contributed by atoms with Crippen LogP contribution in [0.2, 0.25) is 10.0 Å². The molecule has 29 heavy (non-hydrogen) atoms. The molecule has 5 nitrogen and oxygen atoms in total. The number of ether oxygens (including phenoxy) is 2. The Balaban J connectivity index is 2.05. The molecule has 1 N–H and O–H groups in total. The van der Waals surface area contributed by atoms with Crippen molar-refractivity contribution in [2.75, 3.05) is 19.5 Å². The molecule has 1 amide bonds. The van der Waals surface area contributed by atoms with Crippen LogP contribution in [0.1, 0.15) is 5.56 Å². The number of benzene rings is 3. The minimum Gasteiger partial charge on any atom is -0.497 e. The van der Waals surface area contributed by atoms with Crippen LogP contribution in [-0.4, -0.2) is 20.1 Å². The second kappa shape index (κ2) is 8.87. The van der Waals surface area contributed by atoms with Gasteiger partial charge in [-0.25, -0.2) is 0 Å². The van der Waals surface area contributed by atoms with Crippen molar-refractivity contribution in [3.8, 4) is 17.6 Å². The maximum atomic E-state index is 12.7. The Hall–Kier alpha value is -3.20. The highest BCUT2D eigenvalue weighted by atomic mass is 35.5. The molecular formula is C22H16Cl2N2O3. The predicted molar refractivity (Wildman–Crippen MR) is 116 cm³/mol. The number of hydrogen-bond donors (Lipinski definition) is 1. The van der Waals surface area contributed by atoms with Gasteiger partial charge in [0.25, 0.3) is 5.91 Å². The number of fused-ring (bicyclic) bond motifs is 1. The zero-order valence-corrected chi connectivity index (χ0v) is 17.1. The zero-order chi connectivity index (χ0) is 21.0. The Morgan fingerprint density at radius 2 is 1.79 bits per heavy atom. The quantitative estimate of drug-likeness (QED) is 0.418. The summed E-state index contributed by atoms with van der Waals surface area (Å²) < 4.78 is 10.7. The fraction of sp³-hybridized carbons (Fsp3) is 0.0909. The first-order valence-corrected chi connectivity index (χ1v) is 9.25. The summed E-state index contributed by atoms with van der Waals surface area (Å²) in [5.74, 6) is 0.604. The topological polar surface area (TPSA) is 71.3 Å². The van der Waals surface area contributed by atoms with Gasteiger partial charge in [-0.2, -0.15) is 5.26 Å². The Labute approximate surface area is 178 Å². The van der Waals surface area contributed by atoms with Crippen LogP contribution < -0.4 is 14.8 Å². The molecule has 0 aromatic heterocycles. The van der Waals surface area contributed by atoms with Gasteiger partial charge in [0.05, 0.1) is 24.3 Å². The first kappa shape index (κ1) is 20.5. The summed E-state index contributed by atoms with van der Waals surface area (Å²) >= 11 is 11.9. The maximum Gasteiger partial charge on any atom is 0.266 e. The molecule has 0 heterocycles. The van der Waals surface area contributed by atoms with Gasteiger partial charge in [0, 0.05) is 11.3 Å². The fourth-order valence-corrected chi connectivity index (χ4v) is 3.12. The van der Waals surface area contributed by atoms with E-state index in [2.05, 4.69) is 5.32 Å². The van der Waals surface area contributed by atoms with Crippen LogP contribution in [0.4, 0.5) is 5.69 Å². The Kier molecular flexibility index (Phi) is 6.28. The molecule has 146 valence electrons. The third-order valence-corrected chi connectivity index (χ3v) is 5.02. The monoisotopic (exact) mass is 426 g/mol. The summed E-state index contributed by atoms with van der Waals surface area (Å²) in [6.45, 7) is 0. The van der Waals surface area contributed by atoms with Gasteiger partial charge in [-0.1, -0.05) is 35.3 Å². The van der Waals surface area contributed by atoms with E-state index in [9.17, 15) is 10.1 Å². The number of nitrogens with zero attached hydrogens (tertiary/aromatic N) is 1. The summed E-state index contributed by atoms with van der Waals surface area (Å²) in [6.07, 6.45) is 1.49. The Bertz CT molecular complexity index is 1160.